The standard InChI is InChI=1S/C10H16N4O3/c11-8-7(13-17-14-8)9(16)12-10(6-15)4-2-1-3-5-10/h15H,1-6H2,(H2,11,14)(H,12,16). The maximum Gasteiger partial charge on any atom is 0.277 e. The second kappa shape index (κ2) is 4.70. The summed E-state index contributed by atoms with van der Waals surface area (Å²) in [6.45, 7) is -0.0794. The van der Waals surface area contributed by atoms with Gasteiger partial charge in [0, 0.05) is 0 Å². The summed E-state index contributed by atoms with van der Waals surface area (Å²) < 4.78 is 4.37. The van der Waals surface area contributed by atoms with E-state index in [4.69, 9.17) is 5.73 Å². The van der Waals surface area contributed by atoms with Crippen LogP contribution in [0.15, 0.2) is 4.63 Å². The van der Waals surface area contributed by atoms with Crippen molar-refractivity contribution < 1.29 is 14.5 Å². The van der Waals surface area contributed by atoms with Crippen molar-refractivity contribution in [1.82, 2.24) is 15.6 Å². The van der Waals surface area contributed by atoms with Crippen molar-refractivity contribution in [3.05, 3.63) is 5.69 Å². The third-order valence-corrected chi connectivity index (χ3v) is 3.22. The fourth-order valence-electron chi connectivity index (χ4n) is 2.20. The Labute approximate surface area is 98.3 Å². The fourth-order valence-corrected chi connectivity index (χ4v) is 2.20. The number of aliphatic hydroxyl groups is 1. The molecule has 1 amide bonds. The van der Waals surface area contributed by atoms with E-state index in [0.29, 0.717) is 0 Å². The zero-order valence-electron chi connectivity index (χ0n) is 9.48. The van der Waals surface area contributed by atoms with Crippen LogP contribution in [0.3, 0.4) is 0 Å². The number of nitrogens with one attached hydrogen (secondary N) is 1. The average molecular weight is 240 g/mol. The number of nitrogen functional groups attached to an aromatic ring is 1. The lowest BCUT2D eigenvalue weighted by molar-refractivity contribution is 0.0750. The number of aromatic nitrogens is 2. The van der Waals surface area contributed by atoms with Crippen LogP contribution in [-0.2, 0) is 0 Å². The van der Waals surface area contributed by atoms with E-state index in [1.165, 1.54) is 0 Å². The third-order valence-electron chi connectivity index (χ3n) is 3.22. The van der Waals surface area contributed by atoms with E-state index < -0.39 is 11.4 Å². The predicted octanol–water partition coefficient (Wildman–Crippen LogP) is 0.0768. The van der Waals surface area contributed by atoms with Crippen LogP contribution in [-0.4, -0.2) is 33.5 Å². The smallest absolute Gasteiger partial charge is 0.277 e. The summed E-state index contributed by atoms with van der Waals surface area (Å²) in [7, 11) is 0. The summed E-state index contributed by atoms with van der Waals surface area (Å²) in [5.41, 5.74) is 4.86. The lowest BCUT2D eigenvalue weighted by atomic mass is 9.82. The molecule has 0 bridgehead atoms. The molecule has 17 heavy (non-hydrogen) atoms. The average Bonchev–Trinajstić information content (AvgIpc) is 2.77. The van der Waals surface area contributed by atoms with Gasteiger partial charge in [-0.25, -0.2) is 4.63 Å². The number of amides is 1. The molecule has 1 aromatic heterocycles. The molecule has 0 unspecified atom stereocenters. The molecule has 1 heterocycles. The Morgan fingerprint density at radius 1 is 1.41 bits per heavy atom. The van der Waals surface area contributed by atoms with Gasteiger partial charge in [-0.2, -0.15) is 0 Å². The Kier molecular flexibility index (Phi) is 3.28. The van der Waals surface area contributed by atoms with Gasteiger partial charge in [0.15, 0.2) is 0 Å². The highest BCUT2D eigenvalue weighted by Crippen LogP contribution is 2.28. The molecule has 2 rings (SSSR count). The first-order chi connectivity index (χ1) is 8.17. The van der Waals surface area contributed by atoms with Crippen molar-refractivity contribution in [2.75, 3.05) is 12.3 Å². The van der Waals surface area contributed by atoms with Gasteiger partial charge < -0.3 is 16.2 Å². The second-order valence-electron chi connectivity index (χ2n) is 4.45. The molecule has 94 valence electrons. The molecule has 0 spiro atoms. The monoisotopic (exact) mass is 240 g/mol. The molecule has 0 atom stereocenters. The molecule has 7 heteroatoms. The van der Waals surface area contributed by atoms with Crippen LogP contribution in [0.1, 0.15) is 42.6 Å². The summed E-state index contributed by atoms with van der Waals surface area (Å²) in [6.07, 6.45) is 4.65. The lowest BCUT2D eigenvalue weighted by Crippen LogP contribution is -2.52. The van der Waals surface area contributed by atoms with E-state index in [1.54, 1.807) is 0 Å². The predicted molar refractivity (Wildman–Crippen MR) is 59.1 cm³/mol. The van der Waals surface area contributed by atoms with E-state index in [9.17, 15) is 9.90 Å². The molecule has 0 aliphatic heterocycles. The SMILES string of the molecule is Nc1nonc1C(=O)NC1(CO)CCCCC1. The van der Waals surface area contributed by atoms with Crippen LogP contribution >= 0.6 is 0 Å². The Morgan fingerprint density at radius 2 is 2.12 bits per heavy atom. The van der Waals surface area contributed by atoms with Crippen LogP contribution in [0.25, 0.3) is 0 Å². The van der Waals surface area contributed by atoms with E-state index >= 15 is 0 Å². The van der Waals surface area contributed by atoms with Crippen molar-refractivity contribution in [2.24, 2.45) is 0 Å². The number of rotatable bonds is 3. The molecule has 4 N–H and O–H groups in total. The van der Waals surface area contributed by atoms with Crippen molar-refractivity contribution in [2.45, 2.75) is 37.6 Å². The number of nitrogens with zero attached hydrogens (tertiary/aromatic N) is 2. The molecule has 1 aliphatic rings. The molecule has 1 saturated carbocycles. The van der Waals surface area contributed by atoms with Crippen LogP contribution in [0.2, 0.25) is 0 Å². The Balaban J connectivity index is 2.08. The minimum absolute atomic E-state index is 0.0246. The number of nitrogens with two attached hydrogens (primary N) is 1. The number of anilines is 1. The normalized spacial score (nSPS) is 18.9. The molecular weight excluding hydrogens is 224 g/mol. The van der Waals surface area contributed by atoms with Crippen molar-refractivity contribution >= 4 is 11.7 Å². The van der Waals surface area contributed by atoms with Gasteiger partial charge in [0.2, 0.25) is 11.5 Å². The largest absolute Gasteiger partial charge is 0.394 e. The van der Waals surface area contributed by atoms with Gasteiger partial charge in [-0.1, -0.05) is 19.3 Å². The summed E-state index contributed by atoms with van der Waals surface area (Å²) in [6, 6.07) is 0. The van der Waals surface area contributed by atoms with Crippen molar-refractivity contribution in [3.63, 3.8) is 0 Å². The van der Waals surface area contributed by atoms with Gasteiger partial charge in [-0.3, -0.25) is 4.79 Å². The second-order valence-corrected chi connectivity index (χ2v) is 4.45. The van der Waals surface area contributed by atoms with E-state index in [0.717, 1.165) is 32.1 Å². The topological polar surface area (TPSA) is 114 Å². The maximum absolute atomic E-state index is 11.9. The number of aliphatic hydroxyl groups excluding tert-OH is 1. The van der Waals surface area contributed by atoms with E-state index in [2.05, 4.69) is 20.3 Å². The highest BCUT2D eigenvalue weighted by molar-refractivity contribution is 5.96. The molecule has 0 saturated heterocycles. The number of hydrogen-bond acceptors (Lipinski definition) is 6. The summed E-state index contributed by atoms with van der Waals surface area (Å²) in [4.78, 5) is 11.9. The van der Waals surface area contributed by atoms with E-state index in [1.807, 2.05) is 0 Å². The first-order valence-corrected chi connectivity index (χ1v) is 5.68. The van der Waals surface area contributed by atoms with Gasteiger partial charge in [-0.05, 0) is 23.2 Å². The minimum Gasteiger partial charge on any atom is -0.394 e. The quantitative estimate of drug-likeness (QED) is 0.689. The highest BCUT2D eigenvalue weighted by atomic mass is 16.6. The summed E-state index contributed by atoms with van der Waals surface area (Å²) in [5.74, 6) is -0.480. The molecule has 7 nitrogen and oxygen atoms in total. The van der Waals surface area contributed by atoms with Gasteiger partial charge in [0.25, 0.3) is 5.91 Å². The maximum atomic E-state index is 11.9. The van der Waals surface area contributed by atoms with Gasteiger partial charge in [-0.15, -0.1) is 0 Å². The zero-order chi connectivity index (χ0) is 12.3. The van der Waals surface area contributed by atoms with Gasteiger partial charge in [0.1, 0.15) is 0 Å². The Hall–Kier alpha value is -1.63. The summed E-state index contributed by atoms with van der Waals surface area (Å²) >= 11 is 0. The molecule has 1 aliphatic carbocycles. The molecule has 1 fully saturated rings. The third kappa shape index (κ3) is 2.38. The number of carbonyl (C=O) groups is 1. The Bertz CT molecular complexity index is 398. The number of hydrogen-bond donors (Lipinski definition) is 3. The van der Waals surface area contributed by atoms with E-state index in [-0.39, 0.29) is 18.1 Å². The lowest BCUT2D eigenvalue weighted by Gasteiger charge is -2.36. The van der Waals surface area contributed by atoms with Crippen LogP contribution < -0.4 is 11.1 Å². The highest BCUT2D eigenvalue weighted by Gasteiger charge is 2.34. The van der Waals surface area contributed by atoms with Crippen molar-refractivity contribution in [3.8, 4) is 0 Å². The first-order valence-electron chi connectivity index (χ1n) is 5.68. The summed E-state index contributed by atoms with van der Waals surface area (Å²) in [5, 5.41) is 19.0. The van der Waals surface area contributed by atoms with Crippen molar-refractivity contribution in [1.29, 1.82) is 0 Å². The van der Waals surface area contributed by atoms with Crippen LogP contribution in [0, 0.1) is 0 Å². The van der Waals surface area contributed by atoms with Crippen LogP contribution in [0.4, 0.5) is 5.82 Å². The first kappa shape index (κ1) is 11.8. The molecule has 0 aromatic carbocycles. The number of carbonyl (C=O) groups excluding carboxylic acids is 1. The molecule has 0 radical (unpaired) electrons. The minimum atomic E-state index is -0.555. The molecular formula is C10H16N4O3. The fraction of sp³-hybridized carbons (Fsp3) is 0.700. The Morgan fingerprint density at radius 3 is 2.65 bits per heavy atom. The van der Waals surface area contributed by atoms with Gasteiger partial charge in [0.05, 0.1) is 12.1 Å². The van der Waals surface area contributed by atoms with Crippen LogP contribution in [0.5, 0.6) is 0 Å². The molecule has 1 aromatic rings. The van der Waals surface area contributed by atoms with Gasteiger partial charge >= 0.3 is 0 Å². The zero-order valence-corrected chi connectivity index (χ0v) is 9.48.